The smallest absolute Gasteiger partial charge is 0.340 e. The van der Waals surface area contributed by atoms with E-state index in [4.69, 9.17) is 16.3 Å². The summed E-state index contributed by atoms with van der Waals surface area (Å²) in [7, 11) is 1.37. The van der Waals surface area contributed by atoms with E-state index in [9.17, 15) is 9.90 Å². The number of hydrogen-bond donors (Lipinski definition) is 2. The van der Waals surface area contributed by atoms with Crippen LogP contribution in [0.25, 0.3) is 10.9 Å². The zero-order valence-corrected chi connectivity index (χ0v) is 16.7. The SMILES string of the molecule is COC(=O)c1cn(C/C=C/[C@H]2NCCC[C@@H]2O)c2cc(Cl)ccc12.Cl.Cl. The Morgan fingerprint density at radius 3 is 2.92 bits per heavy atom. The molecule has 144 valence electrons. The Bertz CT molecular complexity index is 776. The van der Waals surface area contributed by atoms with Crippen molar-refractivity contribution in [3.8, 4) is 0 Å². The fraction of sp³-hybridized carbons (Fsp3) is 0.389. The first-order chi connectivity index (χ1) is 11.6. The average molecular weight is 422 g/mol. The highest BCUT2D eigenvalue weighted by Gasteiger charge is 2.19. The number of carbonyl (C=O) groups excluding carboxylic acids is 1. The second-order valence-electron chi connectivity index (χ2n) is 5.97. The molecule has 2 heterocycles. The lowest BCUT2D eigenvalue weighted by molar-refractivity contribution is 0.0602. The van der Waals surface area contributed by atoms with Gasteiger partial charge in [-0.05, 0) is 31.5 Å². The number of aliphatic hydroxyl groups excluding tert-OH is 1. The molecule has 2 N–H and O–H groups in total. The maximum atomic E-state index is 12.0. The molecule has 1 aliphatic heterocycles. The molecule has 5 nitrogen and oxygen atoms in total. The molecule has 1 aromatic carbocycles. The molecule has 1 aliphatic rings. The molecule has 0 saturated carbocycles. The molecule has 2 aromatic rings. The molecule has 0 unspecified atom stereocenters. The van der Waals surface area contributed by atoms with Gasteiger partial charge in [0.2, 0.25) is 0 Å². The number of esters is 1. The molecule has 0 amide bonds. The van der Waals surface area contributed by atoms with Gasteiger partial charge in [0.1, 0.15) is 0 Å². The summed E-state index contributed by atoms with van der Waals surface area (Å²) in [5.41, 5.74) is 1.40. The number of carbonyl (C=O) groups is 1. The fourth-order valence-corrected chi connectivity index (χ4v) is 3.27. The van der Waals surface area contributed by atoms with E-state index < -0.39 is 0 Å². The lowest BCUT2D eigenvalue weighted by Gasteiger charge is -2.26. The average Bonchev–Trinajstić information content (AvgIpc) is 2.94. The molecule has 26 heavy (non-hydrogen) atoms. The lowest BCUT2D eigenvalue weighted by atomic mass is 10.0. The molecule has 1 fully saturated rings. The Morgan fingerprint density at radius 2 is 2.23 bits per heavy atom. The van der Waals surface area contributed by atoms with Crippen molar-refractivity contribution in [2.75, 3.05) is 13.7 Å². The maximum absolute atomic E-state index is 12.0. The number of nitrogens with zero attached hydrogens (tertiary/aromatic N) is 1. The minimum absolute atomic E-state index is 0. The monoisotopic (exact) mass is 420 g/mol. The van der Waals surface area contributed by atoms with E-state index in [1.165, 1.54) is 7.11 Å². The third kappa shape index (κ3) is 4.93. The van der Waals surface area contributed by atoms with Crippen molar-refractivity contribution in [2.45, 2.75) is 31.5 Å². The summed E-state index contributed by atoms with van der Waals surface area (Å²) in [6.45, 7) is 1.50. The number of fused-ring (bicyclic) bond motifs is 1. The van der Waals surface area contributed by atoms with Crippen LogP contribution in [-0.2, 0) is 11.3 Å². The Labute approximate surface area is 170 Å². The molecule has 1 saturated heterocycles. The first-order valence-electron chi connectivity index (χ1n) is 8.05. The second kappa shape index (κ2) is 10.2. The summed E-state index contributed by atoms with van der Waals surface area (Å²) in [6, 6.07) is 5.41. The Morgan fingerprint density at radius 1 is 1.46 bits per heavy atom. The highest BCUT2D eigenvalue weighted by Crippen LogP contribution is 2.25. The fourth-order valence-electron chi connectivity index (χ4n) is 3.10. The number of methoxy groups -OCH3 is 1. The van der Waals surface area contributed by atoms with Crippen LogP contribution in [-0.4, -0.2) is 41.4 Å². The maximum Gasteiger partial charge on any atom is 0.340 e. The van der Waals surface area contributed by atoms with Crippen LogP contribution in [0.1, 0.15) is 23.2 Å². The Balaban J connectivity index is 0.00000169. The molecule has 0 radical (unpaired) electrons. The molecular formula is C18H23Cl3N2O3. The number of aliphatic hydroxyl groups is 1. The summed E-state index contributed by atoms with van der Waals surface area (Å²) in [5.74, 6) is -0.366. The van der Waals surface area contributed by atoms with Crippen molar-refractivity contribution >= 4 is 53.3 Å². The quantitative estimate of drug-likeness (QED) is 0.585. The first kappa shape index (κ1) is 22.8. The van der Waals surface area contributed by atoms with Crippen molar-refractivity contribution in [1.82, 2.24) is 9.88 Å². The van der Waals surface area contributed by atoms with Gasteiger partial charge in [-0.25, -0.2) is 4.79 Å². The number of aromatic nitrogens is 1. The number of rotatable bonds is 4. The van der Waals surface area contributed by atoms with E-state index in [1.54, 1.807) is 12.3 Å². The summed E-state index contributed by atoms with van der Waals surface area (Å²) in [6.07, 6.45) is 7.22. The standard InChI is InChI=1S/C18H21ClN2O3.2ClH/c1-24-18(23)14-11-21(16-10-12(19)6-7-13(14)16)9-3-4-15-17(22)5-2-8-20-15;;/h3-4,6-7,10-11,15,17,20,22H,2,5,8-9H2,1H3;2*1H/b4-3+;;/t15-,17+;;/m1../s1. The van der Waals surface area contributed by atoms with Crippen molar-refractivity contribution in [1.29, 1.82) is 0 Å². The zero-order chi connectivity index (χ0) is 17.1. The third-order valence-electron chi connectivity index (χ3n) is 4.37. The Kier molecular flexibility index (Phi) is 8.93. The largest absolute Gasteiger partial charge is 0.465 e. The number of benzene rings is 1. The van der Waals surface area contributed by atoms with Crippen molar-refractivity contribution in [2.24, 2.45) is 0 Å². The van der Waals surface area contributed by atoms with Gasteiger partial charge < -0.3 is 19.7 Å². The number of halogens is 3. The highest BCUT2D eigenvalue weighted by atomic mass is 35.5. The summed E-state index contributed by atoms with van der Waals surface area (Å²) in [5, 5.41) is 14.7. The van der Waals surface area contributed by atoms with Gasteiger partial charge in [0.05, 0.1) is 30.3 Å². The third-order valence-corrected chi connectivity index (χ3v) is 4.60. The van der Waals surface area contributed by atoms with Gasteiger partial charge in [0.25, 0.3) is 0 Å². The van der Waals surface area contributed by atoms with E-state index in [0.717, 1.165) is 30.3 Å². The highest BCUT2D eigenvalue weighted by molar-refractivity contribution is 6.31. The normalized spacial score (nSPS) is 19.8. The van der Waals surface area contributed by atoms with Gasteiger partial charge in [-0.2, -0.15) is 0 Å². The molecule has 2 atom stereocenters. The topological polar surface area (TPSA) is 63.5 Å². The van der Waals surface area contributed by atoms with Gasteiger partial charge in [-0.1, -0.05) is 29.8 Å². The lowest BCUT2D eigenvalue weighted by Crippen LogP contribution is -2.43. The van der Waals surface area contributed by atoms with E-state index in [0.29, 0.717) is 17.1 Å². The minimum atomic E-state index is -0.366. The van der Waals surface area contributed by atoms with Gasteiger partial charge in [0.15, 0.2) is 0 Å². The predicted octanol–water partition coefficient (Wildman–Crippen LogP) is 3.59. The molecule has 8 heteroatoms. The number of hydrogen-bond acceptors (Lipinski definition) is 4. The molecule has 0 aliphatic carbocycles. The predicted molar refractivity (Wildman–Crippen MR) is 109 cm³/mol. The molecule has 1 aromatic heterocycles. The van der Waals surface area contributed by atoms with Gasteiger partial charge in [-0.3, -0.25) is 0 Å². The van der Waals surface area contributed by atoms with Gasteiger partial charge in [0, 0.05) is 23.2 Å². The number of piperidine rings is 1. The van der Waals surface area contributed by atoms with Crippen LogP contribution >= 0.6 is 36.4 Å². The van der Waals surface area contributed by atoms with Crippen LogP contribution in [0, 0.1) is 0 Å². The van der Waals surface area contributed by atoms with Crippen LogP contribution in [0.15, 0.2) is 36.5 Å². The van der Waals surface area contributed by atoms with E-state index in [1.807, 2.05) is 28.9 Å². The summed E-state index contributed by atoms with van der Waals surface area (Å²) in [4.78, 5) is 12.0. The van der Waals surface area contributed by atoms with Crippen LogP contribution in [0.4, 0.5) is 0 Å². The second-order valence-corrected chi connectivity index (χ2v) is 6.40. The summed E-state index contributed by atoms with van der Waals surface area (Å²) >= 11 is 6.10. The van der Waals surface area contributed by atoms with Crippen molar-refractivity contribution < 1.29 is 14.6 Å². The van der Waals surface area contributed by atoms with E-state index >= 15 is 0 Å². The van der Waals surface area contributed by atoms with E-state index in [-0.39, 0.29) is 42.9 Å². The van der Waals surface area contributed by atoms with Crippen LogP contribution < -0.4 is 5.32 Å². The molecule has 3 rings (SSSR count). The van der Waals surface area contributed by atoms with E-state index in [2.05, 4.69) is 5.32 Å². The molecule has 0 bridgehead atoms. The van der Waals surface area contributed by atoms with Crippen molar-refractivity contribution in [3.05, 3.63) is 47.1 Å². The number of allylic oxidation sites excluding steroid dienone is 1. The molecule has 0 spiro atoms. The minimum Gasteiger partial charge on any atom is -0.465 e. The molecular weight excluding hydrogens is 399 g/mol. The number of nitrogens with one attached hydrogen (secondary N) is 1. The van der Waals surface area contributed by atoms with Crippen molar-refractivity contribution in [3.63, 3.8) is 0 Å². The van der Waals surface area contributed by atoms with Gasteiger partial charge >= 0.3 is 5.97 Å². The number of ether oxygens (including phenoxy) is 1. The van der Waals surface area contributed by atoms with Crippen LogP contribution in [0.5, 0.6) is 0 Å². The van der Waals surface area contributed by atoms with Gasteiger partial charge in [-0.15, -0.1) is 24.8 Å². The first-order valence-corrected chi connectivity index (χ1v) is 8.43. The zero-order valence-electron chi connectivity index (χ0n) is 14.4. The summed E-state index contributed by atoms with van der Waals surface area (Å²) < 4.78 is 6.81. The Hall–Kier alpha value is -1.24. The van der Waals surface area contributed by atoms with Crippen LogP contribution in [0.3, 0.4) is 0 Å². The van der Waals surface area contributed by atoms with Crippen LogP contribution in [0.2, 0.25) is 5.02 Å².